The summed E-state index contributed by atoms with van der Waals surface area (Å²) >= 11 is 1.24. The second-order valence-corrected chi connectivity index (χ2v) is 10.2. The second-order valence-electron chi connectivity index (χ2n) is 9.16. The molecular weight excluding hydrogens is 490 g/mol. The number of piperidine rings is 1. The van der Waals surface area contributed by atoms with Gasteiger partial charge in [0, 0.05) is 25.3 Å². The molecule has 37 heavy (non-hydrogen) atoms. The molecule has 188 valence electrons. The molecule has 2 aromatic heterocycles. The van der Waals surface area contributed by atoms with E-state index in [1.807, 2.05) is 55.5 Å². The average Bonchev–Trinajstić information content (AvgIpc) is 3.25. The highest BCUT2D eigenvalue weighted by Gasteiger charge is 2.34. The summed E-state index contributed by atoms with van der Waals surface area (Å²) in [6.45, 7) is 3.02. The Bertz CT molecular complexity index is 1510. The van der Waals surface area contributed by atoms with E-state index in [0.717, 1.165) is 16.7 Å². The second kappa shape index (κ2) is 9.47. The van der Waals surface area contributed by atoms with Gasteiger partial charge in [-0.1, -0.05) is 18.2 Å². The number of thiophene rings is 1. The molecule has 3 amide bonds. The molecule has 0 saturated carbocycles. The number of β-amino-alcohol motifs (C(OH)–C–C–N with tert-alkyl or cyclic N) is 1. The summed E-state index contributed by atoms with van der Waals surface area (Å²) in [5, 5.41) is 19.7. The van der Waals surface area contributed by atoms with Crippen LogP contribution < -0.4 is 25.6 Å². The molecule has 2 aromatic carbocycles. The molecule has 6 rings (SSSR count). The number of hydrogen-bond acceptors (Lipinski definition) is 7. The van der Waals surface area contributed by atoms with Crippen molar-refractivity contribution in [3.8, 4) is 11.5 Å². The van der Waals surface area contributed by atoms with Crippen LogP contribution in [0.2, 0.25) is 0 Å². The number of urea groups is 1. The van der Waals surface area contributed by atoms with Crippen LogP contribution >= 0.6 is 11.3 Å². The van der Waals surface area contributed by atoms with E-state index >= 15 is 0 Å². The van der Waals surface area contributed by atoms with Gasteiger partial charge in [0.25, 0.3) is 5.91 Å². The lowest BCUT2D eigenvalue weighted by molar-refractivity contribution is 0.0881. The van der Waals surface area contributed by atoms with Gasteiger partial charge < -0.3 is 25.8 Å². The number of benzene rings is 2. The number of amides is 3. The molecule has 0 aliphatic carbocycles. The lowest BCUT2D eigenvalue weighted by Crippen LogP contribution is -2.50. The smallest absolute Gasteiger partial charge is 0.331 e. The third-order valence-electron chi connectivity index (χ3n) is 6.50. The molecule has 0 bridgehead atoms. The Morgan fingerprint density at radius 2 is 1.97 bits per heavy atom. The SMILES string of the molecule is Cc1cc(Oc2ccccc2)ccc1N1C(=O)Nc2c(C(=O)N[C@H]3CNC[C@@H](O)C3)sc3nccc1c23. The highest BCUT2D eigenvalue weighted by Crippen LogP contribution is 2.46. The Balaban J connectivity index is 1.33. The fourth-order valence-corrected chi connectivity index (χ4v) is 5.85. The van der Waals surface area contributed by atoms with Gasteiger partial charge in [0.15, 0.2) is 0 Å². The number of hydrogen-bond donors (Lipinski definition) is 4. The summed E-state index contributed by atoms with van der Waals surface area (Å²) in [5.41, 5.74) is 2.69. The van der Waals surface area contributed by atoms with Crippen molar-refractivity contribution in [2.24, 2.45) is 0 Å². The molecule has 0 unspecified atom stereocenters. The summed E-state index contributed by atoms with van der Waals surface area (Å²) in [4.78, 5) is 33.7. The first-order chi connectivity index (χ1) is 18.0. The Morgan fingerprint density at radius 3 is 2.76 bits per heavy atom. The van der Waals surface area contributed by atoms with Gasteiger partial charge in [-0.05, 0) is 55.3 Å². The molecule has 2 atom stereocenters. The van der Waals surface area contributed by atoms with Gasteiger partial charge in [-0.15, -0.1) is 11.3 Å². The Morgan fingerprint density at radius 1 is 1.14 bits per heavy atom. The van der Waals surface area contributed by atoms with E-state index in [1.165, 1.54) is 11.3 Å². The van der Waals surface area contributed by atoms with E-state index in [2.05, 4.69) is 20.9 Å². The normalized spacial score (nSPS) is 19.0. The number of aliphatic hydroxyl groups excluding tert-OH is 1. The van der Waals surface area contributed by atoms with E-state index in [9.17, 15) is 14.7 Å². The number of aliphatic hydroxyl groups is 1. The molecule has 1 saturated heterocycles. The third-order valence-corrected chi connectivity index (χ3v) is 7.60. The third kappa shape index (κ3) is 4.39. The summed E-state index contributed by atoms with van der Waals surface area (Å²) in [6.07, 6.45) is 1.62. The predicted molar refractivity (Wildman–Crippen MR) is 143 cm³/mol. The van der Waals surface area contributed by atoms with Crippen LogP contribution in [0.3, 0.4) is 0 Å². The lowest BCUT2D eigenvalue weighted by atomic mass is 10.0. The quantitative estimate of drug-likeness (QED) is 0.310. The van der Waals surface area contributed by atoms with E-state index in [-0.39, 0.29) is 18.0 Å². The number of nitrogens with zero attached hydrogens (tertiary/aromatic N) is 2. The molecule has 10 heteroatoms. The van der Waals surface area contributed by atoms with Crippen LogP contribution in [-0.4, -0.2) is 47.3 Å². The van der Waals surface area contributed by atoms with Crippen molar-refractivity contribution in [3.63, 3.8) is 0 Å². The zero-order valence-electron chi connectivity index (χ0n) is 20.0. The minimum absolute atomic E-state index is 0.198. The topological polar surface area (TPSA) is 116 Å². The summed E-state index contributed by atoms with van der Waals surface area (Å²) < 4.78 is 5.95. The minimum atomic E-state index is -0.505. The van der Waals surface area contributed by atoms with E-state index in [0.29, 0.717) is 52.0 Å². The lowest BCUT2D eigenvalue weighted by Gasteiger charge is -2.30. The van der Waals surface area contributed by atoms with E-state index in [4.69, 9.17) is 4.74 Å². The van der Waals surface area contributed by atoms with E-state index < -0.39 is 6.10 Å². The number of rotatable bonds is 5. The van der Waals surface area contributed by atoms with Crippen LogP contribution in [0.4, 0.5) is 21.9 Å². The number of aromatic nitrogens is 1. The van der Waals surface area contributed by atoms with Crippen LogP contribution in [0.5, 0.6) is 11.5 Å². The number of nitrogens with one attached hydrogen (secondary N) is 3. The molecule has 4 N–H and O–H groups in total. The van der Waals surface area contributed by atoms with Crippen molar-refractivity contribution in [2.45, 2.75) is 25.5 Å². The first-order valence-corrected chi connectivity index (χ1v) is 12.9. The summed E-state index contributed by atoms with van der Waals surface area (Å²) in [6, 6.07) is 16.3. The number of carbonyl (C=O) groups excluding carboxylic acids is 2. The monoisotopic (exact) mass is 515 g/mol. The van der Waals surface area contributed by atoms with Gasteiger partial charge >= 0.3 is 6.03 Å². The number of carbonyl (C=O) groups is 2. The average molecular weight is 516 g/mol. The van der Waals surface area contributed by atoms with Gasteiger partial charge in [0.2, 0.25) is 0 Å². The van der Waals surface area contributed by atoms with Crippen molar-refractivity contribution in [1.82, 2.24) is 15.6 Å². The largest absolute Gasteiger partial charge is 0.457 e. The van der Waals surface area contributed by atoms with Crippen LogP contribution in [0.25, 0.3) is 10.2 Å². The fourth-order valence-electron chi connectivity index (χ4n) is 4.83. The number of aryl methyl sites for hydroxylation is 1. The Hall–Kier alpha value is -3.99. The zero-order chi connectivity index (χ0) is 25.5. The van der Waals surface area contributed by atoms with Gasteiger partial charge in [-0.25, -0.2) is 9.78 Å². The van der Waals surface area contributed by atoms with Crippen molar-refractivity contribution >= 4 is 50.6 Å². The van der Waals surface area contributed by atoms with E-state index in [1.54, 1.807) is 17.2 Å². The minimum Gasteiger partial charge on any atom is -0.457 e. The van der Waals surface area contributed by atoms with Crippen molar-refractivity contribution in [2.75, 3.05) is 23.3 Å². The summed E-state index contributed by atoms with van der Waals surface area (Å²) in [7, 11) is 0. The molecule has 0 radical (unpaired) electrons. The highest BCUT2D eigenvalue weighted by atomic mass is 32.1. The van der Waals surface area contributed by atoms with Crippen LogP contribution in [0, 0.1) is 6.92 Å². The first-order valence-electron chi connectivity index (χ1n) is 12.0. The zero-order valence-corrected chi connectivity index (χ0v) is 20.8. The predicted octanol–water partition coefficient (Wildman–Crippen LogP) is 4.53. The maximum absolute atomic E-state index is 13.4. The summed E-state index contributed by atoms with van der Waals surface area (Å²) in [5.74, 6) is 1.10. The molecule has 1 fully saturated rings. The maximum atomic E-state index is 13.4. The molecular formula is C27H25N5O4S. The van der Waals surface area contributed by atoms with Crippen molar-refractivity contribution in [3.05, 3.63) is 71.2 Å². The van der Waals surface area contributed by atoms with Crippen LogP contribution in [0.15, 0.2) is 60.8 Å². The van der Waals surface area contributed by atoms with Gasteiger partial charge in [0.1, 0.15) is 21.2 Å². The number of pyridine rings is 1. The van der Waals surface area contributed by atoms with Gasteiger partial charge in [-0.3, -0.25) is 9.69 Å². The van der Waals surface area contributed by atoms with Crippen LogP contribution in [0.1, 0.15) is 21.7 Å². The molecule has 4 heterocycles. The molecule has 0 spiro atoms. The highest BCUT2D eigenvalue weighted by molar-refractivity contribution is 7.21. The fraction of sp³-hybridized carbons (Fsp3) is 0.222. The number of anilines is 3. The molecule has 2 aliphatic rings. The number of para-hydroxylation sites is 1. The van der Waals surface area contributed by atoms with Crippen molar-refractivity contribution < 1.29 is 19.4 Å². The van der Waals surface area contributed by atoms with Gasteiger partial charge in [-0.2, -0.15) is 0 Å². The molecule has 4 aromatic rings. The Labute approximate surface area is 217 Å². The number of ether oxygens (including phenoxy) is 1. The molecule has 2 aliphatic heterocycles. The molecule has 9 nitrogen and oxygen atoms in total. The van der Waals surface area contributed by atoms with Gasteiger partial charge in [0.05, 0.1) is 28.6 Å². The maximum Gasteiger partial charge on any atom is 0.331 e. The standard InChI is InChI=1S/C27H25N5O4S/c1-15-11-19(36-18-5-3-2-4-6-18)7-8-20(15)32-21-9-10-29-26-22(21)23(31-27(32)35)24(37-26)25(34)30-16-12-17(33)14-28-13-16/h2-11,16-17,28,33H,12-14H2,1H3,(H,30,34)(H,31,35)/t16-,17+/m1/s1. The first kappa shape index (κ1) is 23.4. The Kier molecular flexibility index (Phi) is 5.99. The van der Waals surface area contributed by atoms with Crippen LogP contribution in [-0.2, 0) is 0 Å². The van der Waals surface area contributed by atoms with Crippen molar-refractivity contribution in [1.29, 1.82) is 0 Å².